The molecule has 0 unspecified atom stereocenters. The van der Waals surface area contributed by atoms with Gasteiger partial charge in [0.05, 0.1) is 11.4 Å². The van der Waals surface area contributed by atoms with E-state index in [-0.39, 0.29) is 10.8 Å². The van der Waals surface area contributed by atoms with E-state index in [2.05, 4.69) is 204 Å². The van der Waals surface area contributed by atoms with E-state index in [4.69, 9.17) is 9.97 Å². The number of rotatable bonds is 5. The van der Waals surface area contributed by atoms with Gasteiger partial charge in [0.2, 0.25) is 0 Å². The average Bonchev–Trinajstić information content (AvgIpc) is 3.65. The molecule has 0 saturated heterocycles. The fraction of sp³-hybridized carbons (Fsp3) is 0.107. The highest BCUT2D eigenvalue weighted by Gasteiger charge is 2.38. The van der Waals surface area contributed by atoms with E-state index in [1.165, 1.54) is 72.1 Å². The lowest BCUT2D eigenvalue weighted by molar-refractivity contribution is 0.660. The lowest BCUT2D eigenvalue weighted by atomic mass is 9.78. The molecule has 0 fully saturated rings. The minimum Gasteiger partial charge on any atom is -0.228 e. The molecule has 0 bridgehead atoms. The normalized spacial score (nSPS) is 14.1. The molecule has 0 spiro atoms. The molecule has 1 heterocycles. The molecule has 1 aromatic heterocycles. The van der Waals surface area contributed by atoms with Gasteiger partial charge in [-0.3, -0.25) is 0 Å². The van der Waals surface area contributed by atoms with E-state index < -0.39 is 0 Å². The molecule has 0 atom stereocenters. The van der Waals surface area contributed by atoms with Crippen molar-refractivity contribution in [2.24, 2.45) is 0 Å². The summed E-state index contributed by atoms with van der Waals surface area (Å²) in [6, 6.07) is 66.3. The minimum atomic E-state index is -0.106. The largest absolute Gasteiger partial charge is 0.228 e. The Labute approximate surface area is 340 Å². The van der Waals surface area contributed by atoms with E-state index in [9.17, 15) is 0 Å². The number of fused-ring (bicyclic) bond motifs is 7. The highest BCUT2D eigenvalue weighted by molar-refractivity contribution is 6.05. The maximum absolute atomic E-state index is 5.29. The fourth-order valence-electron chi connectivity index (χ4n) is 10.0. The summed E-state index contributed by atoms with van der Waals surface area (Å²) in [5, 5.41) is 2.36. The van der Waals surface area contributed by atoms with Gasteiger partial charge in [0, 0.05) is 27.5 Å². The Morgan fingerprint density at radius 1 is 0.310 bits per heavy atom. The summed E-state index contributed by atoms with van der Waals surface area (Å²) >= 11 is 0. The lowest BCUT2D eigenvalue weighted by Crippen LogP contribution is -2.16. The van der Waals surface area contributed by atoms with E-state index >= 15 is 0 Å². The first-order chi connectivity index (χ1) is 28.3. The SMILES string of the molecule is CC1(C)c2ccccc2-c2ccc(-c3cc(-c4ccc(-c5cccc(-c6cccc7c6C(C)(C)c6ccccc6-7)c5)c5ccccc45)nc(-c4ccccc4)n3)cc21. The number of hydrogen-bond donors (Lipinski definition) is 0. The molecule has 2 aliphatic carbocycles. The van der Waals surface area contributed by atoms with Gasteiger partial charge < -0.3 is 0 Å². The quantitative estimate of drug-likeness (QED) is 0.175. The van der Waals surface area contributed by atoms with Crippen molar-refractivity contribution in [1.29, 1.82) is 0 Å². The van der Waals surface area contributed by atoms with Crippen molar-refractivity contribution in [2.45, 2.75) is 38.5 Å². The third-order valence-corrected chi connectivity index (χ3v) is 12.9. The average molecular weight is 743 g/mol. The van der Waals surface area contributed by atoms with E-state index in [0.717, 1.165) is 39.3 Å². The summed E-state index contributed by atoms with van der Waals surface area (Å²) in [4.78, 5) is 10.5. The predicted octanol–water partition coefficient (Wildman–Crippen LogP) is 14.6. The summed E-state index contributed by atoms with van der Waals surface area (Å²) in [5.41, 5.74) is 20.5. The van der Waals surface area contributed by atoms with Crippen LogP contribution in [-0.2, 0) is 10.8 Å². The number of benzene rings is 8. The molecule has 2 nitrogen and oxygen atoms in total. The van der Waals surface area contributed by atoms with Crippen LogP contribution in [0.15, 0.2) is 182 Å². The summed E-state index contributed by atoms with van der Waals surface area (Å²) in [5.74, 6) is 0.720. The van der Waals surface area contributed by atoms with Crippen molar-refractivity contribution in [3.8, 4) is 78.4 Å². The Hall–Kier alpha value is -6.90. The van der Waals surface area contributed by atoms with Crippen LogP contribution in [0, 0.1) is 0 Å². The van der Waals surface area contributed by atoms with Crippen LogP contribution < -0.4 is 0 Å². The summed E-state index contributed by atoms with van der Waals surface area (Å²) in [6.07, 6.45) is 0. The van der Waals surface area contributed by atoms with Crippen molar-refractivity contribution in [1.82, 2.24) is 9.97 Å². The van der Waals surface area contributed by atoms with Crippen molar-refractivity contribution in [2.75, 3.05) is 0 Å². The third kappa shape index (κ3) is 5.18. The molecule has 276 valence electrons. The van der Waals surface area contributed by atoms with Gasteiger partial charge in [0.15, 0.2) is 5.82 Å². The number of hydrogen-bond acceptors (Lipinski definition) is 2. The molecule has 2 heteroatoms. The Bertz CT molecular complexity index is 3110. The highest BCUT2D eigenvalue weighted by atomic mass is 14.9. The third-order valence-electron chi connectivity index (χ3n) is 12.9. The fourth-order valence-corrected chi connectivity index (χ4v) is 10.0. The van der Waals surface area contributed by atoms with E-state index in [1.807, 2.05) is 6.07 Å². The first kappa shape index (κ1) is 34.4. The number of aromatic nitrogens is 2. The smallest absolute Gasteiger partial charge is 0.160 e. The topological polar surface area (TPSA) is 25.8 Å². The van der Waals surface area contributed by atoms with Gasteiger partial charge in [-0.15, -0.1) is 0 Å². The molecular formula is C56H42N2. The van der Waals surface area contributed by atoms with Crippen LogP contribution in [0.3, 0.4) is 0 Å². The first-order valence-corrected chi connectivity index (χ1v) is 20.3. The number of nitrogens with zero attached hydrogens (tertiary/aromatic N) is 2. The van der Waals surface area contributed by atoms with Crippen LogP contribution in [0.5, 0.6) is 0 Å². The Morgan fingerprint density at radius 3 is 1.60 bits per heavy atom. The van der Waals surface area contributed by atoms with Crippen molar-refractivity contribution >= 4 is 10.8 Å². The van der Waals surface area contributed by atoms with E-state index in [0.29, 0.717) is 0 Å². The van der Waals surface area contributed by atoms with Gasteiger partial charge in [-0.2, -0.15) is 0 Å². The molecule has 58 heavy (non-hydrogen) atoms. The maximum Gasteiger partial charge on any atom is 0.160 e. The van der Waals surface area contributed by atoms with Crippen molar-refractivity contribution in [3.63, 3.8) is 0 Å². The standard InChI is InChI=1S/C56H42N2/c1-55(2)48-26-12-10-22-43(48)45-29-28-38(33-50(45)55)51-34-52(58-54(57-51)35-16-6-5-7-17-35)46-31-30-39(41-20-8-9-21-42(41)46)36-18-14-19-37(32-36)40-24-15-25-47-44-23-11-13-27-49(44)56(3,4)53(40)47/h5-34H,1-4H3. The summed E-state index contributed by atoms with van der Waals surface area (Å²) in [7, 11) is 0. The summed E-state index contributed by atoms with van der Waals surface area (Å²) in [6.45, 7) is 9.39. The second-order valence-electron chi connectivity index (χ2n) is 16.9. The van der Waals surface area contributed by atoms with Gasteiger partial charge in [-0.1, -0.05) is 191 Å². The molecule has 0 radical (unpaired) electrons. The zero-order valence-electron chi connectivity index (χ0n) is 33.2. The Kier molecular flexibility index (Phi) is 7.59. The van der Waals surface area contributed by atoms with Gasteiger partial charge >= 0.3 is 0 Å². The Morgan fingerprint density at radius 2 is 0.828 bits per heavy atom. The minimum absolute atomic E-state index is 0.0944. The van der Waals surface area contributed by atoms with Gasteiger partial charge in [0.25, 0.3) is 0 Å². The molecule has 11 rings (SSSR count). The highest BCUT2D eigenvalue weighted by Crippen LogP contribution is 2.53. The van der Waals surface area contributed by atoms with Crippen LogP contribution >= 0.6 is 0 Å². The molecule has 0 amide bonds. The van der Waals surface area contributed by atoms with Crippen LogP contribution in [0.4, 0.5) is 0 Å². The first-order valence-electron chi connectivity index (χ1n) is 20.3. The molecular weight excluding hydrogens is 701 g/mol. The maximum atomic E-state index is 5.29. The Balaban J connectivity index is 1.04. The second kappa shape index (κ2) is 12.8. The monoisotopic (exact) mass is 742 g/mol. The zero-order valence-corrected chi connectivity index (χ0v) is 33.2. The summed E-state index contributed by atoms with van der Waals surface area (Å²) < 4.78 is 0. The van der Waals surface area contributed by atoms with Crippen molar-refractivity contribution < 1.29 is 0 Å². The predicted molar refractivity (Wildman–Crippen MR) is 242 cm³/mol. The van der Waals surface area contributed by atoms with Crippen molar-refractivity contribution in [3.05, 3.63) is 204 Å². The van der Waals surface area contributed by atoms with E-state index in [1.54, 1.807) is 0 Å². The van der Waals surface area contributed by atoms with Crippen LogP contribution in [0.25, 0.3) is 89.2 Å². The molecule has 0 N–H and O–H groups in total. The molecule has 2 aliphatic rings. The van der Waals surface area contributed by atoms with Crippen LogP contribution in [0.2, 0.25) is 0 Å². The molecule has 9 aromatic rings. The van der Waals surface area contributed by atoms with Gasteiger partial charge in [-0.25, -0.2) is 9.97 Å². The molecule has 8 aromatic carbocycles. The molecule has 0 aliphatic heterocycles. The lowest BCUT2D eigenvalue weighted by Gasteiger charge is -2.24. The van der Waals surface area contributed by atoms with Crippen LogP contribution in [0.1, 0.15) is 49.9 Å². The second-order valence-corrected chi connectivity index (χ2v) is 16.9. The van der Waals surface area contributed by atoms with Gasteiger partial charge in [0.1, 0.15) is 0 Å². The zero-order chi connectivity index (χ0) is 39.2. The van der Waals surface area contributed by atoms with Gasteiger partial charge in [-0.05, 0) is 95.7 Å². The molecule has 0 saturated carbocycles. The van der Waals surface area contributed by atoms with Crippen LogP contribution in [-0.4, -0.2) is 9.97 Å².